The molecule has 0 amide bonds. The van der Waals surface area contributed by atoms with Gasteiger partial charge >= 0.3 is 5.97 Å². The summed E-state index contributed by atoms with van der Waals surface area (Å²) in [5.41, 5.74) is 0. The smallest absolute Gasteiger partial charge is 0.303 e. The molecule has 2 bridgehead atoms. The summed E-state index contributed by atoms with van der Waals surface area (Å²) < 4.78 is 6.19. The summed E-state index contributed by atoms with van der Waals surface area (Å²) >= 11 is 2.10. The standard InChI is InChI=1S/C22H38O4S/c23-15-9-5-1-2-6-10-16-27-17-19-18(20-13-14-21(19)26-20)11-7-3-4-8-12-22(24)25/h3,7,18-21,23H,1-2,4-6,8-17H2,(H,24,25)/t18-,19+,20-,21+/m1/s1. The normalized spacial score (nSPS) is 27.0. The van der Waals surface area contributed by atoms with Gasteiger partial charge in [0.15, 0.2) is 0 Å². The van der Waals surface area contributed by atoms with Crippen LogP contribution in [-0.4, -0.2) is 46.5 Å². The molecule has 4 nitrogen and oxygen atoms in total. The molecule has 0 aliphatic carbocycles. The SMILES string of the molecule is O=C(O)CCCC=CC[C@@H]1[C@H](CSCCCCCCCCO)[C@@H]2CC[C@H]1O2. The predicted molar refractivity (Wildman–Crippen MR) is 112 cm³/mol. The van der Waals surface area contributed by atoms with E-state index in [4.69, 9.17) is 14.9 Å². The van der Waals surface area contributed by atoms with Gasteiger partial charge in [0.05, 0.1) is 12.2 Å². The monoisotopic (exact) mass is 398 g/mol. The summed E-state index contributed by atoms with van der Waals surface area (Å²) in [7, 11) is 0. The van der Waals surface area contributed by atoms with Crippen molar-refractivity contribution in [2.24, 2.45) is 11.8 Å². The number of hydrogen-bond acceptors (Lipinski definition) is 4. The van der Waals surface area contributed by atoms with Crippen molar-refractivity contribution in [3.63, 3.8) is 0 Å². The van der Waals surface area contributed by atoms with Crippen LogP contribution in [0.3, 0.4) is 0 Å². The van der Waals surface area contributed by atoms with Gasteiger partial charge in [0, 0.05) is 13.0 Å². The van der Waals surface area contributed by atoms with Crippen LogP contribution in [-0.2, 0) is 9.53 Å². The second-order valence-electron chi connectivity index (χ2n) is 8.03. The number of carbonyl (C=O) groups is 1. The van der Waals surface area contributed by atoms with Crippen LogP contribution in [0.5, 0.6) is 0 Å². The number of fused-ring (bicyclic) bond motifs is 2. The highest BCUT2D eigenvalue weighted by Gasteiger charge is 2.47. The quantitative estimate of drug-likeness (QED) is 0.281. The maximum absolute atomic E-state index is 10.5. The summed E-state index contributed by atoms with van der Waals surface area (Å²) in [5, 5.41) is 17.5. The lowest BCUT2D eigenvalue weighted by atomic mass is 9.78. The third-order valence-electron chi connectivity index (χ3n) is 5.93. The minimum absolute atomic E-state index is 0.266. The number of aliphatic hydroxyl groups excluding tert-OH is 1. The van der Waals surface area contributed by atoms with E-state index in [1.807, 2.05) is 0 Å². The summed E-state index contributed by atoms with van der Waals surface area (Å²) in [6.45, 7) is 0.333. The molecule has 2 rings (SSSR count). The fourth-order valence-corrected chi connectivity index (χ4v) is 5.72. The third kappa shape index (κ3) is 8.57. The van der Waals surface area contributed by atoms with Crippen molar-refractivity contribution in [2.45, 2.75) is 89.3 Å². The molecular weight excluding hydrogens is 360 g/mol. The number of aliphatic carboxylic acids is 1. The number of aliphatic hydroxyl groups is 1. The minimum Gasteiger partial charge on any atom is -0.481 e. The Morgan fingerprint density at radius 1 is 0.963 bits per heavy atom. The third-order valence-corrected chi connectivity index (χ3v) is 7.13. The van der Waals surface area contributed by atoms with E-state index < -0.39 is 5.97 Å². The lowest BCUT2D eigenvalue weighted by molar-refractivity contribution is -0.137. The van der Waals surface area contributed by atoms with Crippen LogP contribution in [0.15, 0.2) is 12.2 Å². The van der Waals surface area contributed by atoms with Gasteiger partial charge in [-0.05, 0) is 68.3 Å². The minimum atomic E-state index is -0.702. The molecule has 2 N–H and O–H groups in total. The van der Waals surface area contributed by atoms with Gasteiger partial charge in [0.1, 0.15) is 0 Å². The molecule has 2 saturated heterocycles. The van der Waals surface area contributed by atoms with Gasteiger partial charge in [-0.3, -0.25) is 4.79 Å². The molecule has 0 unspecified atom stereocenters. The highest BCUT2D eigenvalue weighted by molar-refractivity contribution is 7.99. The van der Waals surface area contributed by atoms with Gasteiger partial charge in [0.25, 0.3) is 0 Å². The Hall–Kier alpha value is -0.520. The molecule has 0 aromatic carbocycles. The average Bonchev–Trinajstić information content (AvgIpc) is 3.25. The Bertz CT molecular complexity index is 440. The molecule has 0 saturated carbocycles. The first-order chi connectivity index (χ1) is 13.2. The summed E-state index contributed by atoms with van der Waals surface area (Å²) in [4.78, 5) is 10.5. The zero-order valence-electron chi connectivity index (χ0n) is 16.7. The van der Waals surface area contributed by atoms with E-state index in [9.17, 15) is 4.79 Å². The van der Waals surface area contributed by atoms with E-state index in [1.54, 1.807) is 0 Å². The Kier molecular flexibility index (Phi) is 11.5. The zero-order valence-corrected chi connectivity index (χ0v) is 17.5. The van der Waals surface area contributed by atoms with Gasteiger partial charge in [-0.1, -0.05) is 37.8 Å². The second-order valence-corrected chi connectivity index (χ2v) is 9.18. The first-order valence-electron chi connectivity index (χ1n) is 10.9. The highest BCUT2D eigenvalue weighted by Crippen LogP contribution is 2.46. The van der Waals surface area contributed by atoms with Crippen molar-refractivity contribution in [1.82, 2.24) is 0 Å². The number of allylic oxidation sites excluding steroid dienone is 2. The molecule has 4 atom stereocenters. The molecule has 2 aliphatic rings. The lowest BCUT2D eigenvalue weighted by Crippen LogP contribution is -2.28. The Morgan fingerprint density at radius 2 is 1.67 bits per heavy atom. The van der Waals surface area contributed by atoms with E-state index >= 15 is 0 Å². The lowest BCUT2D eigenvalue weighted by Gasteiger charge is -2.27. The maximum atomic E-state index is 10.5. The van der Waals surface area contributed by atoms with Gasteiger partial charge in [-0.2, -0.15) is 11.8 Å². The molecule has 2 heterocycles. The zero-order chi connectivity index (χ0) is 19.3. The number of carboxylic acid groups (broad SMARTS) is 1. The van der Waals surface area contributed by atoms with Crippen LogP contribution in [0.25, 0.3) is 0 Å². The highest BCUT2D eigenvalue weighted by atomic mass is 32.2. The molecule has 2 aliphatic heterocycles. The van der Waals surface area contributed by atoms with Crippen molar-refractivity contribution in [3.8, 4) is 0 Å². The van der Waals surface area contributed by atoms with Crippen molar-refractivity contribution in [3.05, 3.63) is 12.2 Å². The molecule has 0 aromatic heterocycles. The van der Waals surface area contributed by atoms with E-state index in [1.165, 1.54) is 50.0 Å². The van der Waals surface area contributed by atoms with Crippen molar-refractivity contribution >= 4 is 17.7 Å². The first kappa shape index (κ1) is 22.8. The molecule has 27 heavy (non-hydrogen) atoms. The molecule has 0 aromatic rings. The molecular formula is C22H38O4S. The molecule has 2 fully saturated rings. The molecule has 0 radical (unpaired) electrons. The van der Waals surface area contributed by atoms with Crippen molar-refractivity contribution in [1.29, 1.82) is 0 Å². The number of carboxylic acids is 1. The maximum Gasteiger partial charge on any atom is 0.303 e. The van der Waals surface area contributed by atoms with Crippen molar-refractivity contribution in [2.75, 3.05) is 18.1 Å². The molecule has 156 valence electrons. The van der Waals surface area contributed by atoms with Gasteiger partial charge in [0.2, 0.25) is 0 Å². The van der Waals surface area contributed by atoms with Gasteiger partial charge < -0.3 is 14.9 Å². The number of thioether (sulfide) groups is 1. The van der Waals surface area contributed by atoms with E-state index in [2.05, 4.69) is 23.9 Å². The van der Waals surface area contributed by atoms with E-state index in [0.29, 0.717) is 30.7 Å². The van der Waals surface area contributed by atoms with Gasteiger partial charge in [-0.15, -0.1) is 0 Å². The van der Waals surface area contributed by atoms with E-state index in [0.717, 1.165) is 32.1 Å². The van der Waals surface area contributed by atoms with Crippen LogP contribution in [0.2, 0.25) is 0 Å². The molecule has 0 spiro atoms. The Balaban J connectivity index is 1.57. The van der Waals surface area contributed by atoms with Crippen LogP contribution in [0, 0.1) is 11.8 Å². The number of ether oxygens (including phenoxy) is 1. The predicted octanol–water partition coefficient (Wildman–Crippen LogP) is 5.05. The topological polar surface area (TPSA) is 66.8 Å². The van der Waals surface area contributed by atoms with Crippen LogP contribution in [0.4, 0.5) is 0 Å². The van der Waals surface area contributed by atoms with Crippen LogP contribution in [0.1, 0.15) is 77.0 Å². The summed E-state index contributed by atoms with van der Waals surface area (Å²) in [6.07, 6.45) is 18.1. The summed E-state index contributed by atoms with van der Waals surface area (Å²) in [6, 6.07) is 0. The Labute approximate surface area is 169 Å². The molecule has 5 heteroatoms. The van der Waals surface area contributed by atoms with Crippen molar-refractivity contribution < 1.29 is 19.7 Å². The number of hydrogen-bond donors (Lipinski definition) is 2. The fourth-order valence-electron chi connectivity index (χ4n) is 4.41. The number of unbranched alkanes of at least 4 members (excludes halogenated alkanes) is 6. The van der Waals surface area contributed by atoms with Crippen LogP contribution >= 0.6 is 11.8 Å². The van der Waals surface area contributed by atoms with E-state index in [-0.39, 0.29) is 6.42 Å². The number of rotatable bonds is 16. The second kappa shape index (κ2) is 13.6. The average molecular weight is 399 g/mol. The summed E-state index contributed by atoms with van der Waals surface area (Å²) in [5.74, 6) is 3.13. The largest absolute Gasteiger partial charge is 0.481 e. The van der Waals surface area contributed by atoms with Crippen LogP contribution < -0.4 is 0 Å². The first-order valence-corrected chi connectivity index (χ1v) is 12.1. The fraction of sp³-hybridized carbons (Fsp3) is 0.864. The van der Waals surface area contributed by atoms with Gasteiger partial charge in [-0.25, -0.2) is 0 Å². The Morgan fingerprint density at radius 3 is 2.41 bits per heavy atom.